The van der Waals surface area contributed by atoms with Crippen molar-refractivity contribution in [2.45, 2.75) is 19.3 Å². The second-order valence-corrected chi connectivity index (χ2v) is 3.70. The number of rotatable bonds is 1. The third kappa shape index (κ3) is 1.39. The Balaban J connectivity index is 2.73. The van der Waals surface area contributed by atoms with Gasteiger partial charge in [0.2, 0.25) is 0 Å². The molecule has 0 saturated heterocycles. The molecule has 0 saturated carbocycles. The van der Waals surface area contributed by atoms with Crippen molar-refractivity contribution < 1.29 is 14.5 Å². The van der Waals surface area contributed by atoms with Crippen LogP contribution in [0.25, 0.3) is 0 Å². The van der Waals surface area contributed by atoms with Crippen LogP contribution < -0.4 is 10.7 Å². The highest BCUT2D eigenvalue weighted by Crippen LogP contribution is 2.26. The Morgan fingerprint density at radius 2 is 2.31 bits per heavy atom. The van der Waals surface area contributed by atoms with Crippen molar-refractivity contribution in [3.8, 4) is 6.07 Å². The minimum atomic E-state index is -0.490. The van der Waals surface area contributed by atoms with E-state index in [1.54, 1.807) is 0 Å². The summed E-state index contributed by atoms with van der Waals surface area (Å²) >= 11 is 0. The molecule has 0 bridgehead atoms. The number of esters is 1. The zero-order valence-electron chi connectivity index (χ0n) is 8.96. The summed E-state index contributed by atoms with van der Waals surface area (Å²) in [5.41, 5.74) is 8.04. The molecule has 0 unspecified atom stereocenters. The number of nitrogens with zero attached hydrogens (tertiary/aromatic N) is 1. The van der Waals surface area contributed by atoms with E-state index >= 15 is 0 Å². The molecule has 3 N–H and O–H groups in total. The summed E-state index contributed by atoms with van der Waals surface area (Å²) in [5.74, 6) is -0.251. The van der Waals surface area contributed by atoms with Crippen molar-refractivity contribution >= 4 is 11.8 Å². The number of aromatic nitrogens is 1. The lowest BCUT2D eigenvalue weighted by Crippen LogP contribution is -2.23. The van der Waals surface area contributed by atoms with Gasteiger partial charge in [0.15, 0.2) is 5.56 Å². The van der Waals surface area contributed by atoms with Gasteiger partial charge < -0.3 is 4.74 Å². The van der Waals surface area contributed by atoms with Crippen molar-refractivity contribution in [2.24, 2.45) is 0 Å². The minimum absolute atomic E-state index is 0.188. The molecule has 0 aliphatic heterocycles. The number of nitrogens with two attached hydrogens (primary N) is 1. The van der Waals surface area contributed by atoms with Crippen LogP contribution in [0.15, 0.2) is 0 Å². The fraction of sp³-hybridized carbons (Fsp3) is 0.364. The van der Waals surface area contributed by atoms with Crippen molar-refractivity contribution in [1.29, 1.82) is 5.26 Å². The van der Waals surface area contributed by atoms with E-state index in [1.165, 1.54) is 7.11 Å². The molecular weight excluding hydrogens is 206 g/mol. The zero-order valence-corrected chi connectivity index (χ0v) is 8.96. The average Bonchev–Trinajstić information content (AvgIpc) is 2.73. The predicted molar refractivity (Wildman–Crippen MR) is 55.5 cm³/mol. The molecule has 0 spiro atoms. The Morgan fingerprint density at radius 3 is 2.94 bits per heavy atom. The van der Waals surface area contributed by atoms with Gasteiger partial charge in [-0.15, -0.1) is 0 Å². The average molecular weight is 218 g/mol. The number of carbonyl (C=O) groups excluding carboxylic acids is 1. The van der Waals surface area contributed by atoms with Gasteiger partial charge in [-0.25, -0.2) is 9.78 Å². The van der Waals surface area contributed by atoms with Gasteiger partial charge in [-0.05, 0) is 12.8 Å². The number of H-pyrrole nitrogens is 1. The number of hydrogen-bond donors (Lipinski definition) is 1. The first kappa shape index (κ1) is 10.4. The molecule has 0 fully saturated rings. The lowest BCUT2D eigenvalue weighted by atomic mass is 10.0. The molecular formula is C11H12N3O2+. The first-order valence-electron chi connectivity index (χ1n) is 5.04. The fourth-order valence-electron chi connectivity index (χ4n) is 2.11. The number of anilines is 1. The Kier molecular flexibility index (Phi) is 2.49. The minimum Gasteiger partial charge on any atom is -0.465 e. The van der Waals surface area contributed by atoms with Crippen molar-refractivity contribution in [3.05, 3.63) is 22.4 Å². The summed E-state index contributed by atoms with van der Waals surface area (Å²) < 4.78 is 4.70. The maximum atomic E-state index is 11.7. The highest BCUT2D eigenvalue weighted by atomic mass is 16.5. The van der Waals surface area contributed by atoms with Crippen molar-refractivity contribution in [3.63, 3.8) is 0 Å². The zero-order chi connectivity index (χ0) is 11.7. The Bertz CT molecular complexity index is 502. The van der Waals surface area contributed by atoms with Gasteiger partial charge in [0.25, 0.3) is 5.82 Å². The van der Waals surface area contributed by atoms with Gasteiger partial charge in [-0.1, -0.05) is 0 Å². The van der Waals surface area contributed by atoms with Crippen LogP contribution >= 0.6 is 0 Å². The van der Waals surface area contributed by atoms with Crippen LogP contribution in [0.4, 0.5) is 5.82 Å². The first-order valence-corrected chi connectivity index (χ1v) is 5.04. The van der Waals surface area contributed by atoms with Gasteiger partial charge in [0, 0.05) is 12.0 Å². The van der Waals surface area contributed by atoms with Gasteiger partial charge in [0.05, 0.1) is 12.7 Å². The van der Waals surface area contributed by atoms with Gasteiger partial charge in [-0.2, -0.15) is 5.26 Å². The topological polar surface area (TPSA) is 90.2 Å². The number of pyridine rings is 1. The number of hydrogen-bond acceptors (Lipinski definition) is 4. The summed E-state index contributed by atoms with van der Waals surface area (Å²) in [7, 11) is 1.30. The molecule has 1 aromatic heterocycles. The van der Waals surface area contributed by atoms with Crippen LogP contribution in [0, 0.1) is 11.3 Å². The third-order valence-electron chi connectivity index (χ3n) is 2.83. The lowest BCUT2D eigenvalue weighted by Gasteiger charge is -2.06. The SMILES string of the molecule is COC(=O)c1c(C#N)c(N)[nH+]c2c1CCC2. The molecule has 1 heterocycles. The second-order valence-electron chi connectivity index (χ2n) is 3.70. The number of nitrogen functional groups attached to an aromatic ring is 1. The molecule has 82 valence electrons. The van der Waals surface area contributed by atoms with Gasteiger partial charge >= 0.3 is 5.97 Å². The van der Waals surface area contributed by atoms with Crippen LogP contribution in [0.3, 0.4) is 0 Å². The van der Waals surface area contributed by atoms with Crippen molar-refractivity contribution in [1.82, 2.24) is 0 Å². The van der Waals surface area contributed by atoms with Crippen molar-refractivity contribution in [2.75, 3.05) is 12.8 Å². The number of aromatic amines is 1. The highest BCUT2D eigenvalue weighted by molar-refractivity contribution is 5.95. The Labute approximate surface area is 92.8 Å². The molecule has 1 aromatic rings. The molecule has 16 heavy (non-hydrogen) atoms. The number of aryl methyl sites for hydroxylation is 1. The molecule has 0 radical (unpaired) electrons. The molecule has 5 nitrogen and oxygen atoms in total. The molecule has 0 amide bonds. The standard InChI is InChI=1S/C11H11N3O2/c1-16-11(15)9-6-3-2-4-8(6)14-10(13)7(9)5-12/h2-4H2,1H3,(H2,13,14)/p+1. The summed E-state index contributed by atoms with van der Waals surface area (Å²) in [6.45, 7) is 0. The number of nitrogens with one attached hydrogen (secondary N) is 1. The van der Waals surface area contributed by atoms with Crippen LogP contribution in [0.5, 0.6) is 0 Å². The van der Waals surface area contributed by atoms with E-state index in [0.717, 1.165) is 30.5 Å². The van der Waals surface area contributed by atoms with E-state index in [4.69, 9.17) is 15.7 Å². The fourth-order valence-corrected chi connectivity index (χ4v) is 2.11. The molecule has 1 aliphatic rings. The monoisotopic (exact) mass is 218 g/mol. The number of carbonyl (C=O) groups is 1. The van der Waals surface area contributed by atoms with Crippen LogP contribution in [-0.4, -0.2) is 13.1 Å². The molecule has 0 atom stereocenters. The summed E-state index contributed by atoms with van der Waals surface area (Å²) in [6, 6.07) is 1.95. The van der Waals surface area contributed by atoms with Crippen LogP contribution in [-0.2, 0) is 17.6 Å². The first-order chi connectivity index (χ1) is 7.69. The van der Waals surface area contributed by atoms with Crippen LogP contribution in [0.1, 0.15) is 33.6 Å². The number of nitriles is 1. The summed E-state index contributed by atoms with van der Waals surface area (Å²) in [5, 5.41) is 9.02. The highest BCUT2D eigenvalue weighted by Gasteiger charge is 2.29. The summed E-state index contributed by atoms with van der Waals surface area (Å²) in [6.07, 6.45) is 2.60. The van der Waals surface area contributed by atoms with E-state index in [9.17, 15) is 4.79 Å². The van der Waals surface area contributed by atoms with E-state index in [2.05, 4.69) is 4.98 Å². The molecule has 0 aromatic carbocycles. The van der Waals surface area contributed by atoms with E-state index in [1.807, 2.05) is 6.07 Å². The molecule has 2 rings (SSSR count). The lowest BCUT2D eigenvalue weighted by molar-refractivity contribution is -0.372. The maximum absolute atomic E-state index is 11.7. The van der Waals surface area contributed by atoms with E-state index in [-0.39, 0.29) is 11.4 Å². The Hall–Kier alpha value is -2.09. The number of methoxy groups -OCH3 is 1. The molecule has 1 aliphatic carbocycles. The second kappa shape index (κ2) is 3.81. The largest absolute Gasteiger partial charge is 0.465 e. The van der Waals surface area contributed by atoms with Gasteiger partial charge in [-0.3, -0.25) is 5.73 Å². The van der Waals surface area contributed by atoms with Gasteiger partial charge in [0.1, 0.15) is 11.8 Å². The number of fused-ring (bicyclic) bond motifs is 1. The molecule has 5 heteroatoms. The maximum Gasteiger partial charge on any atom is 0.339 e. The smallest absolute Gasteiger partial charge is 0.339 e. The van der Waals surface area contributed by atoms with E-state index in [0.29, 0.717) is 5.56 Å². The van der Waals surface area contributed by atoms with Crippen LogP contribution in [0.2, 0.25) is 0 Å². The summed E-state index contributed by atoms with van der Waals surface area (Å²) in [4.78, 5) is 14.6. The Morgan fingerprint density at radius 1 is 1.56 bits per heavy atom. The third-order valence-corrected chi connectivity index (χ3v) is 2.83. The quantitative estimate of drug-likeness (QED) is 0.683. The van der Waals surface area contributed by atoms with E-state index < -0.39 is 5.97 Å². The number of ether oxygens (including phenoxy) is 1. The normalized spacial score (nSPS) is 13.0. The predicted octanol–water partition coefficient (Wildman–Crippen LogP) is 0.230.